The van der Waals surface area contributed by atoms with E-state index in [-0.39, 0.29) is 13.0 Å². The quantitative estimate of drug-likeness (QED) is 0.199. The fourth-order valence-corrected chi connectivity index (χ4v) is 5.66. The number of hydrogen-bond acceptors (Lipinski definition) is 5. The first-order valence-electron chi connectivity index (χ1n) is 13.4. The molecule has 6 heterocycles. The Balaban J connectivity index is 0.00000158. The van der Waals surface area contributed by atoms with Gasteiger partial charge in [-0.15, -0.1) is 0 Å². The minimum absolute atomic E-state index is 0.0975. The SMILES string of the molecule is C=C/C=C(/c1ccsc1)c1cc(-c2n[nH]c3ccc(-c4cncc(CN5CCC(F)(F)C5)c4)nc23)[nH]c1C.CC. The number of fused-ring (bicyclic) bond motifs is 1. The second-order valence-corrected chi connectivity index (χ2v) is 10.4. The van der Waals surface area contributed by atoms with E-state index in [0.29, 0.717) is 13.1 Å². The first-order chi connectivity index (χ1) is 19.4. The molecule has 0 spiro atoms. The molecule has 6 nitrogen and oxygen atoms in total. The number of aromatic amines is 2. The lowest BCUT2D eigenvalue weighted by Crippen LogP contribution is -2.24. The highest BCUT2D eigenvalue weighted by molar-refractivity contribution is 7.08. The van der Waals surface area contributed by atoms with Gasteiger partial charge in [-0.2, -0.15) is 16.4 Å². The van der Waals surface area contributed by atoms with Crippen LogP contribution in [-0.4, -0.2) is 49.1 Å². The van der Waals surface area contributed by atoms with Crippen molar-refractivity contribution in [3.8, 4) is 22.6 Å². The van der Waals surface area contributed by atoms with Crippen LogP contribution in [0.2, 0.25) is 0 Å². The fraction of sp³-hybridized carbons (Fsp3) is 0.258. The lowest BCUT2D eigenvalue weighted by Gasteiger charge is -2.15. The summed E-state index contributed by atoms with van der Waals surface area (Å²) < 4.78 is 27.3. The molecule has 0 bridgehead atoms. The number of hydrogen-bond donors (Lipinski definition) is 2. The van der Waals surface area contributed by atoms with Crippen LogP contribution < -0.4 is 0 Å². The van der Waals surface area contributed by atoms with Crippen molar-refractivity contribution in [3.05, 3.63) is 94.6 Å². The molecule has 6 rings (SSSR count). The van der Waals surface area contributed by atoms with E-state index in [2.05, 4.69) is 49.6 Å². The number of rotatable bonds is 7. The number of nitrogens with zero attached hydrogens (tertiary/aromatic N) is 4. The summed E-state index contributed by atoms with van der Waals surface area (Å²) in [5, 5.41) is 11.8. The Morgan fingerprint density at radius 3 is 2.77 bits per heavy atom. The monoisotopic (exact) mass is 558 g/mol. The summed E-state index contributed by atoms with van der Waals surface area (Å²) in [6, 6.07) is 10.0. The van der Waals surface area contributed by atoms with Gasteiger partial charge in [0.15, 0.2) is 0 Å². The number of alkyl halides is 2. The van der Waals surface area contributed by atoms with Crippen LogP contribution in [0.15, 0.2) is 72.2 Å². The van der Waals surface area contributed by atoms with Gasteiger partial charge in [0.25, 0.3) is 5.92 Å². The van der Waals surface area contributed by atoms with Crippen molar-refractivity contribution in [1.29, 1.82) is 0 Å². The van der Waals surface area contributed by atoms with Gasteiger partial charge in [0.05, 0.1) is 23.4 Å². The van der Waals surface area contributed by atoms with Gasteiger partial charge in [-0.1, -0.05) is 32.6 Å². The average Bonchev–Trinajstić information content (AvgIpc) is 3.76. The molecule has 9 heteroatoms. The molecule has 0 radical (unpaired) electrons. The number of aromatic nitrogens is 5. The van der Waals surface area contributed by atoms with E-state index < -0.39 is 5.92 Å². The lowest BCUT2D eigenvalue weighted by atomic mass is 10.00. The number of allylic oxidation sites excluding steroid dienone is 2. The molecule has 2 N–H and O–H groups in total. The Hall–Kier alpha value is -3.95. The largest absolute Gasteiger partial charge is 0.357 e. The van der Waals surface area contributed by atoms with Crippen LogP contribution in [0.3, 0.4) is 0 Å². The van der Waals surface area contributed by atoms with Gasteiger partial charge in [0.1, 0.15) is 11.2 Å². The molecule has 5 aromatic rings. The summed E-state index contributed by atoms with van der Waals surface area (Å²) in [7, 11) is 0. The number of pyridine rings is 2. The molecule has 1 aliphatic rings. The third-order valence-corrected chi connectivity index (χ3v) is 7.51. The molecule has 1 fully saturated rings. The predicted molar refractivity (Wildman–Crippen MR) is 159 cm³/mol. The molecule has 0 aromatic carbocycles. The number of halogens is 2. The maximum Gasteiger partial charge on any atom is 0.261 e. The van der Waals surface area contributed by atoms with Crippen LogP contribution in [0.1, 0.15) is 42.7 Å². The van der Waals surface area contributed by atoms with Gasteiger partial charge >= 0.3 is 0 Å². The second kappa shape index (κ2) is 11.7. The summed E-state index contributed by atoms with van der Waals surface area (Å²) >= 11 is 1.66. The van der Waals surface area contributed by atoms with Gasteiger partial charge < -0.3 is 4.98 Å². The molecule has 0 saturated carbocycles. The Kier molecular flexibility index (Phi) is 8.04. The van der Waals surface area contributed by atoms with E-state index in [1.54, 1.807) is 34.7 Å². The van der Waals surface area contributed by atoms with Gasteiger partial charge in [-0.25, -0.2) is 13.8 Å². The molecular weight excluding hydrogens is 526 g/mol. The Bertz CT molecular complexity index is 1650. The first-order valence-corrected chi connectivity index (χ1v) is 14.3. The maximum atomic E-state index is 13.6. The minimum atomic E-state index is -2.61. The molecule has 0 unspecified atom stereocenters. The van der Waals surface area contributed by atoms with E-state index in [1.165, 1.54) is 0 Å². The molecule has 1 saturated heterocycles. The molecule has 0 aliphatic carbocycles. The zero-order valence-corrected chi connectivity index (χ0v) is 23.7. The third-order valence-electron chi connectivity index (χ3n) is 6.83. The number of thiophene rings is 1. The summed E-state index contributed by atoms with van der Waals surface area (Å²) in [6.45, 7) is 10.5. The number of nitrogens with one attached hydrogen (secondary N) is 2. The molecule has 0 amide bonds. The summed E-state index contributed by atoms with van der Waals surface area (Å²) in [5.74, 6) is -2.61. The van der Waals surface area contributed by atoms with Crippen molar-refractivity contribution in [2.75, 3.05) is 13.1 Å². The van der Waals surface area contributed by atoms with Crippen LogP contribution in [0, 0.1) is 6.92 Å². The van der Waals surface area contributed by atoms with Gasteiger partial charge in [0.2, 0.25) is 0 Å². The van der Waals surface area contributed by atoms with E-state index in [9.17, 15) is 8.78 Å². The zero-order chi connectivity index (χ0) is 28.3. The summed E-state index contributed by atoms with van der Waals surface area (Å²) in [6.07, 6.45) is 7.20. The second-order valence-electron chi connectivity index (χ2n) is 9.61. The van der Waals surface area contributed by atoms with E-state index in [4.69, 9.17) is 4.98 Å². The van der Waals surface area contributed by atoms with Crippen molar-refractivity contribution < 1.29 is 8.78 Å². The topological polar surface area (TPSA) is 73.5 Å². The van der Waals surface area contributed by atoms with Gasteiger partial charge in [0, 0.05) is 48.7 Å². The maximum absolute atomic E-state index is 13.6. The van der Waals surface area contributed by atoms with Gasteiger partial charge in [-0.3, -0.25) is 15.0 Å². The Morgan fingerprint density at radius 2 is 2.05 bits per heavy atom. The summed E-state index contributed by atoms with van der Waals surface area (Å²) in [5.41, 5.74) is 9.94. The Morgan fingerprint density at radius 1 is 1.20 bits per heavy atom. The molecule has 1 aliphatic heterocycles. The van der Waals surface area contributed by atoms with E-state index >= 15 is 0 Å². The number of aryl methyl sites for hydroxylation is 1. The zero-order valence-electron chi connectivity index (χ0n) is 22.8. The number of H-pyrrole nitrogens is 2. The summed E-state index contributed by atoms with van der Waals surface area (Å²) in [4.78, 5) is 14.5. The van der Waals surface area contributed by atoms with Crippen LogP contribution in [-0.2, 0) is 6.54 Å². The van der Waals surface area contributed by atoms with E-state index in [0.717, 1.165) is 61.6 Å². The highest BCUT2D eigenvalue weighted by Crippen LogP contribution is 2.34. The molecular formula is C31H32F2N6S. The molecule has 40 heavy (non-hydrogen) atoms. The smallest absolute Gasteiger partial charge is 0.261 e. The third kappa shape index (κ3) is 5.66. The van der Waals surface area contributed by atoms with Crippen molar-refractivity contribution in [2.24, 2.45) is 0 Å². The van der Waals surface area contributed by atoms with Crippen LogP contribution in [0.4, 0.5) is 8.78 Å². The molecule has 5 aromatic heterocycles. The van der Waals surface area contributed by atoms with Crippen LogP contribution in [0.5, 0.6) is 0 Å². The van der Waals surface area contributed by atoms with Crippen LogP contribution >= 0.6 is 11.3 Å². The van der Waals surface area contributed by atoms with Crippen LogP contribution in [0.25, 0.3) is 39.3 Å². The Labute approximate surface area is 236 Å². The molecule has 206 valence electrons. The lowest BCUT2D eigenvalue weighted by molar-refractivity contribution is 0.0115. The van der Waals surface area contributed by atoms with E-state index in [1.807, 2.05) is 45.0 Å². The highest BCUT2D eigenvalue weighted by atomic mass is 32.1. The van der Waals surface area contributed by atoms with Crippen molar-refractivity contribution >= 4 is 27.9 Å². The van der Waals surface area contributed by atoms with Gasteiger partial charge in [-0.05, 0) is 64.7 Å². The van der Waals surface area contributed by atoms with Crippen molar-refractivity contribution in [3.63, 3.8) is 0 Å². The standard InChI is InChI=1S/C29H26F2N6S.C2H6/c1-3-4-22(20-7-10-38-16-20)23-12-26(33-18(23)2)28-27-25(35-36-28)6-5-24(34-27)21-11-19(13-32-14-21)15-37-9-8-29(30,31)17-37;1-2/h3-7,10-14,16,33H,1,8-9,15,17H2,2H3,(H,35,36);1-2H3/b22-4-;. The highest BCUT2D eigenvalue weighted by Gasteiger charge is 2.37. The number of likely N-dealkylation sites (tertiary alicyclic amines) is 1. The van der Waals surface area contributed by atoms with Crippen molar-refractivity contribution in [1.82, 2.24) is 30.0 Å². The average molecular weight is 559 g/mol. The first kappa shape index (κ1) is 27.6. The van der Waals surface area contributed by atoms with Crippen molar-refractivity contribution in [2.45, 2.75) is 39.7 Å². The fourth-order valence-electron chi connectivity index (χ4n) is 5.00. The minimum Gasteiger partial charge on any atom is -0.357 e. The normalized spacial score (nSPS) is 15.3. The molecule has 0 atom stereocenters. The predicted octanol–water partition coefficient (Wildman–Crippen LogP) is 7.87.